The van der Waals surface area contributed by atoms with Crippen LogP contribution in [-0.4, -0.2) is 30.6 Å². The van der Waals surface area contributed by atoms with Gasteiger partial charge in [-0.2, -0.15) is 0 Å². The quantitative estimate of drug-likeness (QED) is 0.816. The van der Waals surface area contributed by atoms with Gasteiger partial charge in [-0.25, -0.2) is 0 Å². The Kier molecular flexibility index (Phi) is 5.17. The average molecular weight is 258 g/mol. The third kappa shape index (κ3) is 3.68. The molecule has 19 heavy (non-hydrogen) atoms. The van der Waals surface area contributed by atoms with E-state index in [4.69, 9.17) is 0 Å². The summed E-state index contributed by atoms with van der Waals surface area (Å²) >= 11 is 0. The summed E-state index contributed by atoms with van der Waals surface area (Å²) in [7, 11) is 0. The number of benzene rings is 1. The first-order chi connectivity index (χ1) is 9.22. The first-order valence-electron chi connectivity index (χ1n) is 7.35. The third-order valence-corrected chi connectivity index (χ3v) is 4.05. The second-order valence-corrected chi connectivity index (χ2v) is 5.76. The molecule has 1 saturated heterocycles. The monoisotopic (exact) mass is 258 g/mol. The smallest absolute Gasteiger partial charge is 0.0449 e. The zero-order chi connectivity index (χ0) is 13.7. The highest BCUT2D eigenvalue weighted by molar-refractivity contribution is 5.20. The van der Waals surface area contributed by atoms with Gasteiger partial charge in [0.2, 0.25) is 0 Å². The van der Waals surface area contributed by atoms with E-state index in [1.807, 2.05) is 6.08 Å². The van der Waals surface area contributed by atoms with Crippen molar-refractivity contribution < 1.29 is 0 Å². The molecule has 104 valence electrons. The Balaban J connectivity index is 2.05. The predicted octanol–water partition coefficient (Wildman–Crippen LogP) is 3.23. The zero-order valence-corrected chi connectivity index (χ0v) is 12.2. The van der Waals surface area contributed by atoms with E-state index in [2.05, 4.69) is 61.0 Å². The van der Waals surface area contributed by atoms with E-state index in [0.717, 1.165) is 26.1 Å². The number of nitrogens with zero attached hydrogens (tertiary/aromatic N) is 1. The van der Waals surface area contributed by atoms with Gasteiger partial charge in [-0.15, -0.1) is 6.58 Å². The number of hydrogen-bond donors (Lipinski definition) is 1. The fraction of sp³-hybridized carbons (Fsp3) is 0.529. The molecule has 1 aromatic carbocycles. The standard InChI is InChI=1S/C17H26N2/c1-4-5-11-19-13-16(15-9-7-6-8-10-15)18-12-17(19)14(2)3/h4,6-10,14,16-18H,1,5,11-13H2,2-3H3. The van der Waals surface area contributed by atoms with E-state index < -0.39 is 0 Å². The van der Waals surface area contributed by atoms with Crippen molar-refractivity contribution in [1.29, 1.82) is 0 Å². The lowest BCUT2D eigenvalue weighted by Crippen LogP contribution is -2.54. The lowest BCUT2D eigenvalue weighted by Gasteiger charge is -2.42. The summed E-state index contributed by atoms with van der Waals surface area (Å²) in [6.07, 6.45) is 3.10. The average Bonchev–Trinajstić information content (AvgIpc) is 2.45. The van der Waals surface area contributed by atoms with Crippen LogP contribution in [0.4, 0.5) is 0 Å². The molecule has 0 aliphatic carbocycles. The van der Waals surface area contributed by atoms with Crippen LogP contribution < -0.4 is 5.32 Å². The van der Waals surface area contributed by atoms with Crippen molar-refractivity contribution in [2.45, 2.75) is 32.4 Å². The number of piperazine rings is 1. The van der Waals surface area contributed by atoms with Gasteiger partial charge < -0.3 is 5.32 Å². The first-order valence-corrected chi connectivity index (χ1v) is 7.35. The molecule has 1 aromatic rings. The summed E-state index contributed by atoms with van der Waals surface area (Å²) in [4.78, 5) is 2.63. The number of rotatable bonds is 5. The van der Waals surface area contributed by atoms with Crippen LogP contribution >= 0.6 is 0 Å². The second-order valence-electron chi connectivity index (χ2n) is 5.76. The highest BCUT2D eigenvalue weighted by Crippen LogP contribution is 2.23. The highest BCUT2D eigenvalue weighted by atomic mass is 15.2. The summed E-state index contributed by atoms with van der Waals surface area (Å²) in [5.41, 5.74) is 1.40. The van der Waals surface area contributed by atoms with Gasteiger partial charge in [0.05, 0.1) is 0 Å². The van der Waals surface area contributed by atoms with Gasteiger partial charge in [0, 0.05) is 31.7 Å². The fourth-order valence-electron chi connectivity index (χ4n) is 2.91. The van der Waals surface area contributed by atoms with Gasteiger partial charge in [0.1, 0.15) is 0 Å². The fourth-order valence-corrected chi connectivity index (χ4v) is 2.91. The van der Waals surface area contributed by atoms with Crippen molar-refractivity contribution in [2.24, 2.45) is 5.92 Å². The van der Waals surface area contributed by atoms with E-state index >= 15 is 0 Å². The molecular weight excluding hydrogens is 232 g/mol. The van der Waals surface area contributed by atoms with Crippen molar-refractivity contribution in [1.82, 2.24) is 10.2 Å². The maximum atomic E-state index is 3.85. The number of hydrogen-bond acceptors (Lipinski definition) is 2. The Bertz CT molecular complexity index is 386. The summed E-state index contributed by atoms with van der Waals surface area (Å²) in [6, 6.07) is 11.9. The van der Waals surface area contributed by atoms with Crippen LogP contribution in [0.25, 0.3) is 0 Å². The minimum Gasteiger partial charge on any atom is -0.307 e. The maximum Gasteiger partial charge on any atom is 0.0449 e. The van der Waals surface area contributed by atoms with Gasteiger partial charge in [-0.1, -0.05) is 50.3 Å². The van der Waals surface area contributed by atoms with Gasteiger partial charge in [0.15, 0.2) is 0 Å². The molecule has 0 radical (unpaired) electrons. The summed E-state index contributed by atoms with van der Waals surface area (Å²) in [6.45, 7) is 11.8. The van der Waals surface area contributed by atoms with Gasteiger partial charge in [-0.3, -0.25) is 4.90 Å². The molecule has 1 fully saturated rings. The first kappa shape index (κ1) is 14.3. The van der Waals surface area contributed by atoms with Crippen LogP contribution in [0.2, 0.25) is 0 Å². The van der Waals surface area contributed by atoms with Crippen LogP contribution in [0.5, 0.6) is 0 Å². The molecule has 2 unspecified atom stereocenters. The third-order valence-electron chi connectivity index (χ3n) is 4.05. The molecule has 1 aliphatic heterocycles. The van der Waals surface area contributed by atoms with E-state index in [1.165, 1.54) is 5.56 Å². The Labute approximate surface area is 117 Å². The second kappa shape index (κ2) is 6.88. The SMILES string of the molecule is C=CCCN1CC(c2ccccc2)NCC1C(C)C. The van der Waals surface area contributed by atoms with Crippen molar-refractivity contribution in [3.05, 3.63) is 48.6 Å². The Morgan fingerprint density at radius 3 is 2.74 bits per heavy atom. The molecule has 2 atom stereocenters. The minimum absolute atomic E-state index is 0.459. The van der Waals surface area contributed by atoms with Crippen molar-refractivity contribution in [2.75, 3.05) is 19.6 Å². The summed E-state index contributed by atoms with van der Waals surface area (Å²) in [5, 5.41) is 3.71. The van der Waals surface area contributed by atoms with Crippen LogP contribution in [-0.2, 0) is 0 Å². The molecular formula is C17H26N2. The van der Waals surface area contributed by atoms with Crippen LogP contribution in [0.3, 0.4) is 0 Å². The molecule has 1 heterocycles. The van der Waals surface area contributed by atoms with Gasteiger partial charge in [-0.05, 0) is 17.9 Å². The Morgan fingerprint density at radius 1 is 1.37 bits per heavy atom. The van der Waals surface area contributed by atoms with Crippen LogP contribution in [0.15, 0.2) is 43.0 Å². The molecule has 2 heteroatoms. The topological polar surface area (TPSA) is 15.3 Å². The van der Waals surface area contributed by atoms with Crippen molar-refractivity contribution in [3.63, 3.8) is 0 Å². The van der Waals surface area contributed by atoms with Gasteiger partial charge in [0.25, 0.3) is 0 Å². The van der Waals surface area contributed by atoms with E-state index in [9.17, 15) is 0 Å². The Hall–Kier alpha value is -1.12. The molecule has 0 bridgehead atoms. The van der Waals surface area contributed by atoms with Crippen LogP contribution in [0.1, 0.15) is 31.9 Å². The molecule has 1 aliphatic rings. The molecule has 0 spiro atoms. The van der Waals surface area contributed by atoms with Gasteiger partial charge >= 0.3 is 0 Å². The number of nitrogens with one attached hydrogen (secondary N) is 1. The molecule has 0 saturated carbocycles. The van der Waals surface area contributed by atoms with E-state index in [-0.39, 0.29) is 0 Å². The Morgan fingerprint density at radius 2 is 2.11 bits per heavy atom. The van der Waals surface area contributed by atoms with Crippen molar-refractivity contribution in [3.8, 4) is 0 Å². The summed E-state index contributed by atoms with van der Waals surface area (Å²) in [5.74, 6) is 0.689. The predicted molar refractivity (Wildman–Crippen MR) is 82.2 cm³/mol. The lowest BCUT2D eigenvalue weighted by molar-refractivity contribution is 0.100. The maximum absolute atomic E-state index is 3.85. The minimum atomic E-state index is 0.459. The largest absolute Gasteiger partial charge is 0.307 e. The molecule has 0 amide bonds. The highest BCUT2D eigenvalue weighted by Gasteiger charge is 2.29. The zero-order valence-electron chi connectivity index (χ0n) is 12.2. The molecule has 2 rings (SSSR count). The summed E-state index contributed by atoms with van der Waals surface area (Å²) < 4.78 is 0. The normalized spacial score (nSPS) is 24.6. The lowest BCUT2D eigenvalue weighted by atomic mass is 9.95. The molecule has 0 aromatic heterocycles. The van der Waals surface area contributed by atoms with Crippen molar-refractivity contribution >= 4 is 0 Å². The molecule has 1 N–H and O–H groups in total. The van der Waals surface area contributed by atoms with E-state index in [1.54, 1.807) is 0 Å². The van der Waals surface area contributed by atoms with E-state index in [0.29, 0.717) is 18.0 Å². The molecule has 2 nitrogen and oxygen atoms in total. The van der Waals surface area contributed by atoms with Crippen LogP contribution in [0, 0.1) is 5.92 Å².